The van der Waals surface area contributed by atoms with E-state index < -0.39 is 5.60 Å². The lowest BCUT2D eigenvalue weighted by molar-refractivity contribution is 0.0378. The Morgan fingerprint density at radius 2 is 1.94 bits per heavy atom. The van der Waals surface area contributed by atoms with Crippen LogP contribution in [0.15, 0.2) is 70.2 Å². The van der Waals surface area contributed by atoms with Gasteiger partial charge in [-0.05, 0) is 62.7 Å². The topological polar surface area (TPSA) is 91.9 Å². The second-order valence-electron chi connectivity index (χ2n) is 7.49. The summed E-state index contributed by atoms with van der Waals surface area (Å²) >= 11 is 0. The summed E-state index contributed by atoms with van der Waals surface area (Å²) in [6.07, 6.45) is 1.75. The first-order chi connectivity index (χ1) is 15.0. The van der Waals surface area contributed by atoms with Gasteiger partial charge >= 0.3 is 0 Å². The van der Waals surface area contributed by atoms with Crippen molar-refractivity contribution >= 4 is 5.96 Å². The summed E-state index contributed by atoms with van der Waals surface area (Å²) in [5, 5.41) is 17.1. The minimum Gasteiger partial charge on any atom is -0.487 e. The van der Waals surface area contributed by atoms with Crippen LogP contribution in [-0.4, -0.2) is 29.1 Å². The van der Waals surface area contributed by atoms with Gasteiger partial charge in [0.2, 0.25) is 0 Å². The molecule has 0 fully saturated rings. The molecule has 0 saturated carbocycles. The number of guanidine groups is 1. The molecule has 2 aromatic heterocycles. The molecule has 0 radical (unpaired) electrons. The molecular formula is C24H30N4O3. The van der Waals surface area contributed by atoms with Crippen molar-refractivity contribution in [2.75, 3.05) is 13.1 Å². The lowest BCUT2D eigenvalue weighted by Crippen LogP contribution is -2.44. The average molecular weight is 423 g/mol. The van der Waals surface area contributed by atoms with Crippen LogP contribution < -0.4 is 15.4 Å². The molecule has 2 heterocycles. The number of hydrogen-bond donors (Lipinski definition) is 3. The van der Waals surface area contributed by atoms with Gasteiger partial charge in [-0.3, -0.25) is 4.98 Å². The number of nitrogens with one attached hydrogen (secondary N) is 2. The molecule has 0 aliphatic carbocycles. The van der Waals surface area contributed by atoms with Crippen LogP contribution in [0.2, 0.25) is 0 Å². The van der Waals surface area contributed by atoms with E-state index in [0.717, 1.165) is 22.8 Å². The minimum absolute atomic E-state index is 0.270. The standard InChI is InChI=1S/C24H30N4O3/c1-4-25-23(28-17-24(3,29)22-13-8-18(2)31-22)27-15-19-9-11-21(12-10-19)30-16-20-7-5-6-14-26-20/h5-14,29H,4,15-17H2,1-3H3,(H2,25,27,28). The van der Waals surface area contributed by atoms with Crippen molar-refractivity contribution in [3.63, 3.8) is 0 Å². The van der Waals surface area contributed by atoms with Gasteiger partial charge in [-0.25, -0.2) is 4.99 Å². The van der Waals surface area contributed by atoms with Crippen LogP contribution in [-0.2, 0) is 18.8 Å². The van der Waals surface area contributed by atoms with Gasteiger partial charge in [0, 0.05) is 12.7 Å². The first-order valence-electron chi connectivity index (χ1n) is 10.4. The molecular weight excluding hydrogens is 392 g/mol. The van der Waals surface area contributed by atoms with Gasteiger partial charge in [-0.2, -0.15) is 0 Å². The van der Waals surface area contributed by atoms with Gasteiger partial charge in [0.15, 0.2) is 5.96 Å². The van der Waals surface area contributed by atoms with Crippen LogP contribution in [0.1, 0.15) is 36.6 Å². The van der Waals surface area contributed by atoms with Crippen LogP contribution in [0.3, 0.4) is 0 Å². The molecule has 1 aromatic carbocycles. The van der Waals surface area contributed by atoms with E-state index in [-0.39, 0.29) is 6.54 Å². The minimum atomic E-state index is -1.14. The molecule has 0 spiro atoms. The Bertz CT molecular complexity index is 966. The highest BCUT2D eigenvalue weighted by atomic mass is 16.5. The Kier molecular flexibility index (Phi) is 7.67. The highest BCUT2D eigenvalue weighted by Crippen LogP contribution is 2.22. The summed E-state index contributed by atoms with van der Waals surface area (Å²) in [6, 6.07) is 17.2. The van der Waals surface area contributed by atoms with E-state index in [1.807, 2.05) is 62.4 Å². The number of rotatable bonds is 9. The lowest BCUT2D eigenvalue weighted by atomic mass is 10.0. The molecule has 1 unspecified atom stereocenters. The summed E-state index contributed by atoms with van der Waals surface area (Å²) in [7, 11) is 0. The van der Waals surface area contributed by atoms with E-state index in [1.54, 1.807) is 19.2 Å². The van der Waals surface area contributed by atoms with Crippen molar-refractivity contribution in [1.29, 1.82) is 0 Å². The lowest BCUT2D eigenvalue weighted by Gasteiger charge is -2.22. The molecule has 3 aromatic rings. The van der Waals surface area contributed by atoms with Gasteiger partial charge in [-0.15, -0.1) is 0 Å². The van der Waals surface area contributed by atoms with Crippen LogP contribution in [0.25, 0.3) is 0 Å². The number of benzene rings is 1. The molecule has 7 nitrogen and oxygen atoms in total. The summed E-state index contributed by atoms with van der Waals surface area (Å²) in [5.74, 6) is 2.70. The summed E-state index contributed by atoms with van der Waals surface area (Å²) in [4.78, 5) is 8.86. The fourth-order valence-corrected chi connectivity index (χ4v) is 2.91. The monoisotopic (exact) mass is 422 g/mol. The number of pyridine rings is 1. The van der Waals surface area contributed by atoms with E-state index in [0.29, 0.717) is 31.4 Å². The average Bonchev–Trinajstić information content (AvgIpc) is 3.23. The first-order valence-corrected chi connectivity index (χ1v) is 10.4. The van der Waals surface area contributed by atoms with Crippen molar-refractivity contribution in [3.8, 4) is 5.75 Å². The van der Waals surface area contributed by atoms with Gasteiger partial charge in [0.05, 0.1) is 18.8 Å². The molecule has 3 N–H and O–H groups in total. The summed E-state index contributed by atoms with van der Waals surface area (Å²) in [5.41, 5.74) is 0.797. The molecule has 164 valence electrons. The number of furan rings is 1. The molecule has 7 heteroatoms. The summed E-state index contributed by atoms with van der Waals surface area (Å²) < 4.78 is 11.3. The molecule has 0 saturated heterocycles. The second kappa shape index (κ2) is 10.6. The van der Waals surface area contributed by atoms with Crippen molar-refractivity contribution in [3.05, 3.63) is 83.6 Å². The number of aliphatic hydroxyl groups is 1. The maximum absolute atomic E-state index is 10.7. The predicted octanol–water partition coefficient (Wildman–Crippen LogP) is 3.52. The zero-order chi connectivity index (χ0) is 22.1. The Morgan fingerprint density at radius 1 is 1.13 bits per heavy atom. The third-order valence-corrected chi connectivity index (χ3v) is 4.67. The van der Waals surface area contributed by atoms with Crippen molar-refractivity contribution in [1.82, 2.24) is 15.6 Å². The third kappa shape index (κ3) is 6.86. The van der Waals surface area contributed by atoms with Gasteiger partial charge < -0.3 is 24.9 Å². The maximum atomic E-state index is 10.7. The Labute approximate surface area is 183 Å². The zero-order valence-corrected chi connectivity index (χ0v) is 18.3. The number of aliphatic imine (C=N–C) groups is 1. The van der Waals surface area contributed by atoms with E-state index >= 15 is 0 Å². The van der Waals surface area contributed by atoms with Crippen LogP contribution in [0.4, 0.5) is 0 Å². The number of aromatic nitrogens is 1. The Balaban J connectivity index is 1.54. The third-order valence-electron chi connectivity index (χ3n) is 4.67. The van der Waals surface area contributed by atoms with Crippen molar-refractivity contribution in [2.24, 2.45) is 4.99 Å². The van der Waals surface area contributed by atoms with Crippen LogP contribution >= 0.6 is 0 Å². The number of nitrogens with zero attached hydrogens (tertiary/aromatic N) is 2. The van der Waals surface area contributed by atoms with Crippen LogP contribution in [0.5, 0.6) is 5.75 Å². The smallest absolute Gasteiger partial charge is 0.191 e. The van der Waals surface area contributed by atoms with Gasteiger partial charge in [0.25, 0.3) is 0 Å². The van der Waals surface area contributed by atoms with E-state index in [9.17, 15) is 5.11 Å². The SMILES string of the molecule is CCNC(=NCc1ccc(OCc2ccccn2)cc1)NCC(C)(O)c1ccc(C)o1. The largest absolute Gasteiger partial charge is 0.487 e. The highest BCUT2D eigenvalue weighted by Gasteiger charge is 2.27. The highest BCUT2D eigenvalue weighted by molar-refractivity contribution is 5.79. The van der Waals surface area contributed by atoms with Gasteiger partial charge in [-0.1, -0.05) is 18.2 Å². The Hall–Kier alpha value is -3.32. The number of ether oxygens (including phenoxy) is 1. The maximum Gasteiger partial charge on any atom is 0.191 e. The zero-order valence-electron chi connectivity index (χ0n) is 18.3. The van der Waals surface area contributed by atoms with E-state index in [1.165, 1.54) is 0 Å². The van der Waals surface area contributed by atoms with Crippen molar-refractivity contribution in [2.45, 2.75) is 39.5 Å². The fraction of sp³-hybridized carbons (Fsp3) is 0.333. The van der Waals surface area contributed by atoms with Crippen LogP contribution in [0, 0.1) is 6.92 Å². The number of hydrogen-bond acceptors (Lipinski definition) is 5. The second-order valence-corrected chi connectivity index (χ2v) is 7.49. The number of aryl methyl sites for hydroxylation is 1. The predicted molar refractivity (Wildman–Crippen MR) is 121 cm³/mol. The van der Waals surface area contributed by atoms with Crippen molar-refractivity contribution < 1.29 is 14.3 Å². The molecule has 3 rings (SSSR count). The van der Waals surface area contributed by atoms with E-state index in [4.69, 9.17) is 9.15 Å². The Morgan fingerprint density at radius 3 is 2.58 bits per heavy atom. The molecule has 0 aliphatic rings. The molecule has 0 bridgehead atoms. The molecule has 0 aliphatic heterocycles. The fourth-order valence-electron chi connectivity index (χ4n) is 2.91. The normalized spacial score (nSPS) is 13.5. The van der Waals surface area contributed by atoms with E-state index in [2.05, 4.69) is 20.6 Å². The van der Waals surface area contributed by atoms with Gasteiger partial charge in [0.1, 0.15) is 29.5 Å². The molecule has 31 heavy (non-hydrogen) atoms. The molecule has 1 atom stereocenters. The molecule has 0 amide bonds. The first kappa shape index (κ1) is 22.4. The quantitative estimate of drug-likeness (QED) is 0.361. The summed E-state index contributed by atoms with van der Waals surface area (Å²) in [6.45, 7) is 7.48.